The lowest BCUT2D eigenvalue weighted by molar-refractivity contribution is -0.142. The second kappa shape index (κ2) is 6.75. The van der Waals surface area contributed by atoms with Crippen LogP contribution in [0.2, 0.25) is 0 Å². The second-order valence-electron chi connectivity index (χ2n) is 4.25. The van der Waals surface area contributed by atoms with Crippen molar-refractivity contribution in [1.82, 2.24) is 4.90 Å². The number of hydrogen-bond acceptors (Lipinski definition) is 4. The predicted octanol–water partition coefficient (Wildman–Crippen LogP) is 0.975. The number of rotatable bonds is 7. The van der Waals surface area contributed by atoms with Crippen LogP contribution in [0.3, 0.4) is 0 Å². The van der Waals surface area contributed by atoms with Crippen molar-refractivity contribution in [3.8, 4) is 5.75 Å². The number of methoxy groups -OCH3 is 1. The fourth-order valence-corrected chi connectivity index (χ4v) is 1.82. The minimum atomic E-state index is -1.06. The van der Waals surface area contributed by atoms with Gasteiger partial charge in [-0.2, -0.15) is 0 Å². The van der Waals surface area contributed by atoms with Crippen molar-refractivity contribution in [1.29, 1.82) is 0 Å². The van der Waals surface area contributed by atoms with E-state index in [4.69, 9.17) is 14.9 Å². The van der Waals surface area contributed by atoms with Crippen LogP contribution in [0, 0.1) is 6.92 Å². The quantitative estimate of drug-likeness (QED) is 0.765. The fraction of sp³-hybridized carbons (Fsp3) is 0.385. The number of carboxylic acid groups (broad SMARTS) is 2. The molecule has 0 heterocycles. The van der Waals surface area contributed by atoms with Crippen molar-refractivity contribution in [3.63, 3.8) is 0 Å². The van der Waals surface area contributed by atoms with E-state index in [9.17, 15) is 9.59 Å². The number of aliphatic carboxylic acids is 2. The summed E-state index contributed by atoms with van der Waals surface area (Å²) in [5.74, 6) is -1.51. The summed E-state index contributed by atoms with van der Waals surface area (Å²) < 4.78 is 5.19. The standard InChI is InChI=1S/C13H17NO5/c1-9-3-4-11(19-2)10(5-9)6-14(7-12(15)16)8-13(17)18/h3-5H,6-8H2,1-2H3,(H,15,16)(H,17,18). The van der Waals surface area contributed by atoms with Crippen LogP contribution in [-0.2, 0) is 16.1 Å². The number of aryl methyl sites for hydroxylation is 1. The zero-order valence-corrected chi connectivity index (χ0v) is 10.9. The number of benzene rings is 1. The van der Waals surface area contributed by atoms with Gasteiger partial charge in [0.05, 0.1) is 20.2 Å². The van der Waals surface area contributed by atoms with Gasteiger partial charge in [0.25, 0.3) is 0 Å². The van der Waals surface area contributed by atoms with E-state index in [0.29, 0.717) is 5.75 Å². The van der Waals surface area contributed by atoms with E-state index in [0.717, 1.165) is 11.1 Å². The number of ether oxygens (including phenoxy) is 1. The van der Waals surface area contributed by atoms with Crippen molar-refractivity contribution >= 4 is 11.9 Å². The highest BCUT2D eigenvalue weighted by atomic mass is 16.5. The molecule has 0 unspecified atom stereocenters. The zero-order chi connectivity index (χ0) is 14.4. The number of nitrogens with zero attached hydrogens (tertiary/aromatic N) is 1. The Morgan fingerprint density at radius 1 is 1.21 bits per heavy atom. The zero-order valence-electron chi connectivity index (χ0n) is 10.9. The van der Waals surface area contributed by atoms with Gasteiger partial charge in [0.1, 0.15) is 5.75 Å². The largest absolute Gasteiger partial charge is 0.496 e. The summed E-state index contributed by atoms with van der Waals surface area (Å²) in [6, 6.07) is 5.51. The molecule has 0 aliphatic carbocycles. The van der Waals surface area contributed by atoms with Gasteiger partial charge in [-0.25, -0.2) is 0 Å². The first-order valence-corrected chi connectivity index (χ1v) is 5.72. The molecule has 0 saturated carbocycles. The van der Waals surface area contributed by atoms with Gasteiger partial charge in [0.2, 0.25) is 0 Å². The van der Waals surface area contributed by atoms with Gasteiger partial charge in [-0.05, 0) is 13.0 Å². The Hall–Kier alpha value is -2.08. The van der Waals surface area contributed by atoms with Crippen molar-refractivity contribution in [3.05, 3.63) is 29.3 Å². The van der Waals surface area contributed by atoms with Crippen molar-refractivity contribution < 1.29 is 24.5 Å². The lowest BCUT2D eigenvalue weighted by Crippen LogP contribution is -2.34. The lowest BCUT2D eigenvalue weighted by Gasteiger charge is -2.19. The minimum absolute atomic E-state index is 0.212. The lowest BCUT2D eigenvalue weighted by atomic mass is 10.1. The summed E-state index contributed by atoms with van der Waals surface area (Å²) in [5.41, 5.74) is 1.77. The Morgan fingerprint density at radius 2 is 1.79 bits per heavy atom. The normalized spacial score (nSPS) is 10.5. The topological polar surface area (TPSA) is 87.1 Å². The molecule has 6 nitrogen and oxygen atoms in total. The van der Waals surface area contributed by atoms with E-state index in [1.165, 1.54) is 12.0 Å². The van der Waals surface area contributed by atoms with Gasteiger partial charge in [-0.15, -0.1) is 0 Å². The van der Waals surface area contributed by atoms with Crippen LogP contribution in [0.5, 0.6) is 5.75 Å². The molecule has 104 valence electrons. The highest BCUT2D eigenvalue weighted by Gasteiger charge is 2.16. The van der Waals surface area contributed by atoms with Crippen LogP contribution < -0.4 is 4.74 Å². The van der Waals surface area contributed by atoms with Crippen molar-refractivity contribution in [2.24, 2.45) is 0 Å². The van der Waals surface area contributed by atoms with Gasteiger partial charge in [-0.3, -0.25) is 14.5 Å². The Labute approximate surface area is 111 Å². The van der Waals surface area contributed by atoms with Gasteiger partial charge in [-0.1, -0.05) is 17.7 Å². The molecular formula is C13H17NO5. The molecule has 2 N–H and O–H groups in total. The van der Waals surface area contributed by atoms with Gasteiger partial charge in [0.15, 0.2) is 0 Å². The summed E-state index contributed by atoms with van der Waals surface area (Å²) >= 11 is 0. The number of carbonyl (C=O) groups is 2. The Morgan fingerprint density at radius 3 is 2.26 bits per heavy atom. The third kappa shape index (κ3) is 4.97. The molecular weight excluding hydrogens is 250 g/mol. The number of carboxylic acids is 2. The fourth-order valence-electron chi connectivity index (χ4n) is 1.82. The van der Waals surface area contributed by atoms with E-state index in [2.05, 4.69) is 0 Å². The highest BCUT2D eigenvalue weighted by Crippen LogP contribution is 2.21. The van der Waals surface area contributed by atoms with E-state index in [-0.39, 0.29) is 19.6 Å². The SMILES string of the molecule is COc1ccc(C)cc1CN(CC(=O)O)CC(=O)O. The minimum Gasteiger partial charge on any atom is -0.496 e. The molecule has 0 spiro atoms. The number of hydrogen-bond donors (Lipinski definition) is 2. The first kappa shape index (κ1) is 15.0. The first-order chi connectivity index (χ1) is 8.92. The molecule has 19 heavy (non-hydrogen) atoms. The summed E-state index contributed by atoms with van der Waals surface area (Å²) in [7, 11) is 1.52. The maximum absolute atomic E-state index is 10.7. The molecule has 1 aromatic rings. The second-order valence-corrected chi connectivity index (χ2v) is 4.25. The molecule has 0 aliphatic heterocycles. The van der Waals surface area contributed by atoms with Gasteiger partial charge < -0.3 is 14.9 Å². The summed E-state index contributed by atoms with van der Waals surface area (Å²) in [4.78, 5) is 22.8. The molecule has 0 radical (unpaired) electrons. The van der Waals surface area contributed by atoms with E-state index in [1.54, 1.807) is 6.07 Å². The van der Waals surface area contributed by atoms with Crippen LogP contribution >= 0.6 is 0 Å². The van der Waals surface area contributed by atoms with E-state index in [1.807, 2.05) is 19.1 Å². The van der Waals surface area contributed by atoms with Crippen LogP contribution in [0.25, 0.3) is 0 Å². The average Bonchev–Trinajstić information content (AvgIpc) is 2.27. The molecule has 0 amide bonds. The molecule has 6 heteroatoms. The Kier molecular flexibility index (Phi) is 5.32. The van der Waals surface area contributed by atoms with Crippen LogP contribution in [-0.4, -0.2) is 47.3 Å². The maximum atomic E-state index is 10.7. The Balaban J connectivity index is 2.90. The van der Waals surface area contributed by atoms with Crippen molar-refractivity contribution in [2.75, 3.05) is 20.2 Å². The van der Waals surface area contributed by atoms with E-state index < -0.39 is 11.9 Å². The molecule has 0 fully saturated rings. The summed E-state index contributed by atoms with van der Waals surface area (Å²) in [6.45, 7) is 1.46. The smallest absolute Gasteiger partial charge is 0.317 e. The molecule has 0 bridgehead atoms. The third-order valence-electron chi connectivity index (χ3n) is 2.55. The molecule has 1 rings (SSSR count). The molecule has 0 saturated heterocycles. The Bertz CT molecular complexity index is 456. The van der Waals surface area contributed by atoms with Crippen LogP contribution in [0.4, 0.5) is 0 Å². The maximum Gasteiger partial charge on any atom is 0.317 e. The molecule has 0 aromatic heterocycles. The third-order valence-corrected chi connectivity index (χ3v) is 2.55. The predicted molar refractivity (Wildman–Crippen MR) is 68.3 cm³/mol. The molecule has 1 aromatic carbocycles. The van der Waals surface area contributed by atoms with Crippen molar-refractivity contribution in [2.45, 2.75) is 13.5 Å². The molecule has 0 atom stereocenters. The first-order valence-electron chi connectivity index (χ1n) is 5.72. The van der Waals surface area contributed by atoms with Gasteiger partial charge >= 0.3 is 11.9 Å². The highest BCUT2D eigenvalue weighted by molar-refractivity contribution is 5.72. The monoisotopic (exact) mass is 267 g/mol. The summed E-state index contributed by atoms with van der Waals surface area (Å²) in [5, 5.41) is 17.6. The van der Waals surface area contributed by atoms with Crippen LogP contribution in [0.15, 0.2) is 18.2 Å². The molecule has 0 aliphatic rings. The van der Waals surface area contributed by atoms with E-state index >= 15 is 0 Å². The van der Waals surface area contributed by atoms with Gasteiger partial charge in [0, 0.05) is 12.1 Å². The van der Waals surface area contributed by atoms with Crippen LogP contribution in [0.1, 0.15) is 11.1 Å². The summed E-state index contributed by atoms with van der Waals surface area (Å²) in [6.07, 6.45) is 0. The average molecular weight is 267 g/mol.